The number of para-hydroxylation sites is 1. The van der Waals surface area contributed by atoms with Gasteiger partial charge in [-0.3, -0.25) is 9.55 Å². The smallest absolute Gasteiger partial charge is 0.407 e. The van der Waals surface area contributed by atoms with E-state index in [9.17, 15) is 9.59 Å². The molecular weight excluding hydrogens is 296 g/mol. The summed E-state index contributed by atoms with van der Waals surface area (Å²) in [5, 5.41) is 6.84. The third-order valence-corrected chi connectivity index (χ3v) is 3.59. The summed E-state index contributed by atoms with van der Waals surface area (Å²) < 4.78 is 6.60. The van der Waals surface area contributed by atoms with Crippen molar-refractivity contribution in [3.05, 3.63) is 42.2 Å². The molecule has 2 N–H and O–H groups in total. The number of hydrogen-bond acceptors (Lipinski definition) is 4. The van der Waals surface area contributed by atoms with Gasteiger partial charge in [0.25, 0.3) is 0 Å². The molecule has 0 bridgehead atoms. The van der Waals surface area contributed by atoms with Crippen LogP contribution < -0.4 is 10.6 Å². The number of nitrogens with one attached hydrogen (secondary N) is 2. The second-order valence-electron chi connectivity index (χ2n) is 4.93. The largest absolute Gasteiger partial charge is 0.443 e. The van der Waals surface area contributed by atoms with E-state index < -0.39 is 6.09 Å². The zero-order valence-electron chi connectivity index (χ0n) is 12.8. The minimum Gasteiger partial charge on any atom is -0.443 e. The van der Waals surface area contributed by atoms with Gasteiger partial charge in [0.1, 0.15) is 6.61 Å². The van der Waals surface area contributed by atoms with Gasteiger partial charge in [-0.05, 0) is 12.1 Å². The van der Waals surface area contributed by atoms with Crippen molar-refractivity contribution in [1.82, 2.24) is 20.2 Å². The van der Waals surface area contributed by atoms with Crippen molar-refractivity contribution >= 4 is 33.9 Å². The molecule has 0 saturated carbocycles. The number of hydrogen-bond donors (Lipinski definition) is 2. The van der Waals surface area contributed by atoms with E-state index in [4.69, 9.17) is 4.74 Å². The van der Waals surface area contributed by atoms with Gasteiger partial charge in [-0.25, -0.2) is 9.59 Å². The first-order valence-corrected chi connectivity index (χ1v) is 7.10. The molecule has 118 valence electrons. The fourth-order valence-electron chi connectivity index (χ4n) is 2.53. The molecule has 2 heterocycles. The summed E-state index contributed by atoms with van der Waals surface area (Å²) in [5.41, 5.74) is 2.11. The Morgan fingerprint density at radius 2 is 1.91 bits per heavy atom. The Bertz CT molecular complexity index is 901. The summed E-state index contributed by atoms with van der Waals surface area (Å²) in [6, 6.07) is 9.22. The zero-order chi connectivity index (χ0) is 16.4. The Morgan fingerprint density at radius 3 is 2.65 bits per heavy atom. The van der Waals surface area contributed by atoms with Crippen LogP contribution in [0.3, 0.4) is 0 Å². The maximum Gasteiger partial charge on any atom is 0.407 e. The molecule has 3 aromatic rings. The Morgan fingerprint density at radius 1 is 1.13 bits per heavy atom. The van der Waals surface area contributed by atoms with E-state index in [0.717, 1.165) is 16.3 Å². The molecule has 2 aromatic heterocycles. The van der Waals surface area contributed by atoms with Gasteiger partial charge in [-0.1, -0.05) is 18.2 Å². The lowest BCUT2D eigenvalue weighted by molar-refractivity contribution is 0.140. The lowest BCUT2D eigenvalue weighted by Gasteiger charge is -2.05. The molecule has 7 heteroatoms. The SMILES string of the molecule is CNC(=O)OCc1cc2c3ccccc3n(C(=O)NC)c2cn1. The van der Waals surface area contributed by atoms with Gasteiger partial charge in [0.05, 0.1) is 22.9 Å². The molecule has 0 aliphatic rings. The average molecular weight is 312 g/mol. The highest BCUT2D eigenvalue weighted by Crippen LogP contribution is 2.28. The van der Waals surface area contributed by atoms with Crippen LogP contribution in [-0.2, 0) is 11.3 Å². The summed E-state index contributed by atoms with van der Waals surface area (Å²) in [7, 11) is 3.08. The average Bonchev–Trinajstić information content (AvgIpc) is 2.92. The third kappa shape index (κ3) is 2.57. The van der Waals surface area contributed by atoms with E-state index in [1.165, 1.54) is 7.05 Å². The van der Waals surface area contributed by atoms with Gasteiger partial charge in [0.15, 0.2) is 0 Å². The van der Waals surface area contributed by atoms with Crippen molar-refractivity contribution in [1.29, 1.82) is 0 Å². The monoisotopic (exact) mass is 312 g/mol. The first-order valence-electron chi connectivity index (χ1n) is 7.10. The fraction of sp³-hybridized carbons (Fsp3) is 0.188. The second kappa shape index (κ2) is 5.96. The van der Waals surface area contributed by atoms with Crippen LogP contribution in [0.15, 0.2) is 36.5 Å². The van der Waals surface area contributed by atoms with E-state index in [0.29, 0.717) is 11.2 Å². The quantitative estimate of drug-likeness (QED) is 0.760. The number of alkyl carbamates (subject to hydrolysis) is 1. The van der Waals surface area contributed by atoms with Gasteiger partial charge in [0, 0.05) is 24.9 Å². The summed E-state index contributed by atoms with van der Waals surface area (Å²) in [5.74, 6) is 0. The Balaban J connectivity index is 2.14. The third-order valence-electron chi connectivity index (χ3n) is 3.59. The lowest BCUT2D eigenvalue weighted by Crippen LogP contribution is -2.24. The Labute approximate surface area is 132 Å². The molecule has 0 fully saturated rings. The molecule has 0 aliphatic heterocycles. The van der Waals surface area contributed by atoms with Crippen molar-refractivity contribution in [2.45, 2.75) is 6.61 Å². The molecule has 1 aromatic carbocycles. The molecule has 0 spiro atoms. The normalized spacial score (nSPS) is 10.7. The van der Waals surface area contributed by atoms with Crippen molar-refractivity contribution in [2.75, 3.05) is 14.1 Å². The Hall–Kier alpha value is -3.09. The number of amides is 2. The summed E-state index contributed by atoms with van der Waals surface area (Å²) in [6.45, 7) is 0.0646. The molecule has 2 amide bonds. The molecule has 0 radical (unpaired) electrons. The molecule has 3 rings (SSSR count). The maximum absolute atomic E-state index is 12.2. The zero-order valence-corrected chi connectivity index (χ0v) is 12.8. The van der Waals surface area contributed by atoms with E-state index in [1.807, 2.05) is 30.3 Å². The lowest BCUT2D eigenvalue weighted by atomic mass is 10.2. The summed E-state index contributed by atoms with van der Waals surface area (Å²) in [4.78, 5) is 27.6. The number of aromatic nitrogens is 2. The van der Waals surface area contributed by atoms with Crippen LogP contribution in [0.1, 0.15) is 5.69 Å². The number of ether oxygens (including phenoxy) is 1. The highest BCUT2D eigenvalue weighted by atomic mass is 16.5. The van der Waals surface area contributed by atoms with E-state index >= 15 is 0 Å². The van der Waals surface area contributed by atoms with Crippen LogP contribution >= 0.6 is 0 Å². The van der Waals surface area contributed by atoms with Gasteiger partial charge < -0.3 is 15.4 Å². The molecule has 23 heavy (non-hydrogen) atoms. The number of carbonyl (C=O) groups excluding carboxylic acids is 2. The molecule has 0 unspecified atom stereocenters. The van der Waals surface area contributed by atoms with Gasteiger partial charge in [0.2, 0.25) is 0 Å². The number of pyridine rings is 1. The van der Waals surface area contributed by atoms with Crippen LogP contribution in [0.2, 0.25) is 0 Å². The maximum atomic E-state index is 12.2. The summed E-state index contributed by atoms with van der Waals surface area (Å²) in [6.07, 6.45) is 1.10. The van der Waals surface area contributed by atoms with Crippen molar-refractivity contribution < 1.29 is 14.3 Å². The predicted octanol–water partition coefficient (Wildman–Crippen LogP) is 2.23. The Kier molecular flexibility index (Phi) is 3.84. The number of carbonyl (C=O) groups is 2. The molecule has 0 atom stereocenters. The van der Waals surface area contributed by atoms with E-state index in [2.05, 4.69) is 15.6 Å². The predicted molar refractivity (Wildman–Crippen MR) is 86.3 cm³/mol. The molecule has 0 aliphatic carbocycles. The van der Waals surface area contributed by atoms with Crippen molar-refractivity contribution in [2.24, 2.45) is 0 Å². The minimum absolute atomic E-state index is 0.0646. The number of rotatable bonds is 2. The van der Waals surface area contributed by atoms with Crippen LogP contribution in [-0.4, -0.2) is 35.8 Å². The summed E-state index contributed by atoms with van der Waals surface area (Å²) >= 11 is 0. The number of benzene rings is 1. The minimum atomic E-state index is -0.514. The van der Waals surface area contributed by atoms with Gasteiger partial charge in [-0.2, -0.15) is 0 Å². The molecular formula is C16H16N4O3. The van der Waals surface area contributed by atoms with Gasteiger partial charge in [-0.15, -0.1) is 0 Å². The van der Waals surface area contributed by atoms with Crippen LogP contribution in [0, 0.1) is 0 Å². The van der Waals surface area contributed by atoms with Gasteiger partial charge >= 0.3 is 12.1 Å². The second-order valence-corrected chi connectivity index (χ2v) is 4.93. The van der Waals surface area contributed by atoms with Crippen molar-refractivity contribution in [3.63, 3.8) is 0 Å². The highest BCUT2D eigenvalue weighted by Gasteiger charge is 2.15. The van der Waals surface area contributed by atoms with E-state index in [-0.39, 0.29) is 12.6 Å². The molecule has 7 nitrogen and oxygen atoms in total. The van der Waals surface area contributed by atoms with E-state index in [1.54, 1.807) is 17.8 Å². The number of nitrogens with zero attached hydrogens (tertiary/aromatic N) is 2. The molecule has 0 saturated heterocycles. The van der Waals surface area contributed by atoms with Crippen molar-refractivity contribution in [3.8, 4) is 0 Å². The fourth-order valence-corrected chi connectivity index (χ4v) is 2.53. The van der Waals surface area contributed by atoms with Crippen LogP contribution in [0.4, 0.5) is 9.59 Å². The van der Waals surface area contributed by atoms with Crippen LogP contribution in [0.5, 0.6) is 0 Å². The first-order chi connectivity index (χ1) is 11.2. The topological polar surface area (TPSA) is 85.2 Å². The van der Waals surface area contributed by atoms with Crippen LogP contribution in [0.25, 0.3) is 21.8 Å². The highest BCUT2D eigenvalue weighted by molar-refractivity contribution is 6.12. The first kappa shape index (κ1) is 14.8. The number of fused-ring (bicyclic) bond motifs is 3. The standard InChI is InChI=1S/C16H16N4O3/c1-17-15(21)20-13-6-4-3-5-11(13)12-7-10(19-8-14(12)20)9-23-16(22)18-2/h3-8H,9H2,1-2H3,(H,17,21)(H,18,22).